The van der Waals surface area contributed by atoms with Crippen molar-refractivity contribution in [2.75, 3.05) is 29.5 Å². The Morgan fingerprint density at radius 2 is 1.71 bits per heavy atom. The van der Waals surface area contributed by atoms with Crippen molar-refractivity contribution < 1.29 is 12.8 Å². The second-order valence-corrected chi connectivity index (χ2v) is 6.38. The maximum absolute atomic E-state index is 13.2. The molecule has 0 fully saturated rings. The molecule has 0 aliphatic rings. The van der Waals surface area contributed by atoms with Gasteiger partial charge in [-0.1, -0.05) is 0 Å². The largest absolute Gasteiger partial charge is 0.398 e. The van der Waals surface area contributed by atoms with Crippen LogP contribution in [-0.2, 0) is 10.0 Å². The molecule has 0 amide bonds. The summed E-state index contributed by atoms with van der Waals surface area (Å²) in [4.78, 5) is 1.61. The molecule has 0 radical (unpaired) electrons. The van der Waals surface area contributed by atoms with Crippen LogP contribution in [0, 0.1) is 5.82 Å². The first-order valence-corrected chi connectivity index (χ1v) is 7.63. The normalized spacial score (nSPS) is 11.2. The lowest BCUT2D eigenvalue weighted by Crippen LogP contribution is -2.15. The molecule has 0 saturated carbocycles. The van der Waals surface area contributed by atoms with Crippen LogP contribution in [0.15, 0.2) is 47.4 Å². The van der Waals surface area contributed by atoms with Crippen molar-refractivity contribution in [3.05, 3.63) is 48.3 Å². The van der Waals surface area contributed by atoms with Crippen LogP contribution in [0.4, 0.5) is 21.5 Å². The van der Waals surface area contributed by atoms with E-state index in [2.05, 4.69) is 4.72 Å². The molecule has 0 heterocycles. The van der Waals surface area contributed by atoms with Crippen LogP contribution in [0.2, 0.25) is 0 Å². The van der Waals surface area contributed by atoms with Gasteiger partial charge in [0.05, 0.1) is 5.69 Å². The van der Waals surface area contributed by atoms with Crippen LogP contribution in [0.5, 0.6) is 0 Å². The monoisotopic (exact) mass is 309 g/mol. The minimum Gasteiger partial charge on any atom is -0.398 e. The van der Waals surface area contributed by atoms with Crippen molar-refractivity contribution in [2.24, 2.45) is 0 Å². The molecule has 2 aromatic rings. The number of sulfonamides is 1. The zero-order valence-electron chi connectivity index (χ0n) is 11.7. The quantitative estimate of drug-likeness (QED) is 0.850. The number of hydrogen-bond acceptors (Lipinski definition) is 4. The van der Waals surface area contributed by atoms with E-state index in [4.69, 9.17) is 5.73 Å². The molecule has 0 atom stereocenters. The van der Waals surface area contributed by atoms with Gasteiger partial charge in [0, 0.05) is 25.5 Å². The predicted octanol–water partition coefficient (Wildman–Crippen LogP) is 2.27. The standard InChI is InChI=1S/C14H16FN3O2S/c1-18(2)12-6-4-11(5-7-12)17-21(19,20)14-9-10(15)3-8-13(14)16/h3-9,17H,16H2,1-2H3. The first-order valence-electron chi connectivity index (χ1n) is 6.15. The van der Waals surface area contributed by atoms with Gasteiger partial charge < -0.3 is 10.6 Å². The van der Waals surface area contributed by atoms with E-state index in [1.54, 1.807) is 24.3 Å². The molecular weight excluding hydrogens is 293 g/mol. The van der Waals surface area contributed by atoms with Crippen molar-refractivity contribution in [1.82, 2.24) is 0 Å². The summed E-state index contributed by atoms with van der Waals surface area (Å²) in [5, 5.41) is 0. The molecular formula is C14H16FN3O2S. The number of benzene rings is 2. The van der Waals surface area contributed by atoms with Gasteiger partial charge in [0.25, 0.3) is 10.0 Å². The Balaban J connectivity index is 2.31. The highest BCUT2D eigenvalue weighted by atomic mass is 32.2. The summed E-state index contributed by atoms with van der Waals surface area (Å²) in [6, 6.07) is 10.0. The van der Waals surface area contributed by atoms with Gasteiger partial charge >= 0.3 is 0 Å². The Morgan fingerprint density at radius 1 is 1.10 bits per heavy atom. The van der Waals surface area contributed by atoms with Crippen LogP contribution in [0.25, 0.3) is 0 Å². The fourth-order valence-electron chi connectivity index (χ4n) is 1.78. The number of nitrogens with zero attached hydrogens (tertiary/aromatic N) is 1. The van der Waals surface area contributed by atoms with E-state index < -0.39 is 15.8 Å². The van der Waals surface area contributed by atoms with Gasteiger partial charge in [-0.3, -0.25) is 4.72 Å². The van der Waals surface area contributed by atoms with E-state index in [0.29, 0.717) is 5.69 Å². The predicted molar refractivity (Wildman–Crippen MR) is 82.4 cm³/mol. The molecule has 3 N–H and O–H groups in total. The fourth-order valence-corrected chi connectivity index (χ4v) is 2.98. The Bertz CT molecular complexity index is 743. The van der Waals surface area contributed by atoms with Crippen molar-refractivity contribution >= 4 is 27.1 Å². The zero-order chi connectivity index (χ0) is 15.6. The molecule has 112 valence electrons. The molecule has 0 unspecified atom stereocenters. The number of hydrogen-bond donors (Lipinski definition) is 2. The van der Waals surface area contributed by atoms with E-state index in [1.165, 1.54) is 6.07 Å². The van der Waals surface area contributed by atoms with Gasteiger partial charge in [0.1, 0.15) is 10.7 Å². The summed E-state index contributed by atoms with van der Waals surface area (Å²) in [6.45, 7) is 0. The van der Waals surface area contributed by atoms with E-state index in [1.807, 2.05) is 19.0 Å². The smallest absolute Gasteiger partial charge is 0.264 e. The van der Waals surface area contributed by atoms with E-state index in [-0.39, 0.29) is 10.6 Å². The maximum Gasteiger partial charge on any atom is 0.264 e. The third-order valence-electron chi connectivity index (χ3n) is 2.90. The topological polar surface area (TPSA) is 75.4 Å². The number of nitrogens with one attached hydrogen (secondary N) is 1. The fraction of sp³-hybridized carbons (Fsp3) is 0.143. The van der Waals surface area contributed by atoms with E-state index in [0.717, 1.165) is 17.8 Å². The summed E-state index contributed by atoms with van der Waals surface area (Å²) in [7, 11) is -0.165. The summed E-state index contributed by atoms with van der Waals surface area (Å²) < 4.78 is 40.0. The molecule has 21 heavy (non-hydrogen) atoms. The maximum atomic E-state index is 13.2. The molecule has 0 spiro atoms. The summed E-state index contributed by atoms with van der Waals surface area (Å²) >= 11 is 0. The average molecular weight is 309 g/mol. The molecule has 0 aliphatic carbocycles. The van der Waals surface area contributed by atoms with Crippen LogP contribution in [0.1, 0.15) is 0 Å². The van der Waals surface area contributed by atoms with E-state index in [9.17, 15) is 12.8 Å². The third-order valence-corrected chi connectivity index (χ3v) is 4.34. The Kier molecular flexibility index (Phi) is 4.04. The lowest BCUT2D eigenvalue weighted by molar-refractivity contribution is 0.596. The van der Waals surface area contributed by atoms with Gasteiger partial charge in [-0.05, 0) is 42.5 Å². The summed E-state index contributed by atoms with van der Waals surface area (Å²) in [6.07, 6.45) is 0. The highest BCUT2D eigenvalue weighted by molar-refractivity contribution is 7.92. The number of nitrogens with two attached hydrogens (primary N) is 1. The van der Waals surface area contributed by atoms with Crippen molar-refractivity contribution in [3.8, 4) is 0 Å². The molecule has 7 heteroatoms. The Labute approximate surface area is 123 Å². The SMILES string of the molecule is CN(C)c1ccc(NS(=O)(=O)c2cc(F)ccc2N)cc1. The highest BCUT2D eigenvalue weighted by Crippen LogP contribution is 2.23. The number of anilines is 3. The van der Waals surface area contributed by atoms with Crippen LogP contribution < -0.4 is 15.4 Å². The molecule has 0 aromatic heterocycles. The second-order valence-electron chi connectivity index (χ2n) is 4.73. The van der Waals surface area contributed by atoms with Crippen LogP contribution >= 0.6 is 0 Å². The summed E-state index contributed by atoms with van der Waals surface area (Å²) in [5.41, 5.74) is 6.91. The lowest BCUT2D eigenvalue weighted by atomic mass is 10.3. The Morgan fingerprint density at radius 3 is 2.29 bits per heavy atom. The molecule has 5 nitrogen and oxygen atoms in total. The van der Waals surface area contributed by atoms with Gasteiger partial charge in [-0.15, -0.1) is 0 Å². The van der Waals surface area contributed by atoms with Gasteiger partial charge in [-0.25, -0.2) is 12.8 Å². The van der Waals surface area contributed by atoms with E-state index >= 15 is 0 Å². The second kappa shape index (κ2) is 5.61. The third kappa shape index (κ3) is 3.43. The zero-order valence-corrected chi connectivity index (χ0v) is 12.5. The summed E-state index contributed by atoms with van der Waals surface area (Å²) in [5.74, 6) is -0.660. The van der Waals surface area contributed by atoms with Gasteiger partial charge in [-0.2, -0.15) is 0 Å². The highest BCUT2D eigenvalue weighted by Gasteiger charge is 2.18. The van der Waals surface area contributed by atoms with Crippen LogP contribution in [0.3, 0.4) is 0 Å². The molecule has 0 saturated heterocycles. The average Bonchev–Trinajstić information content (AvgIpc) is 2.41. The molecule has 0 aliphatic heterocycles. The molecule has 0 bridgehead atoms. The van der Waals surface area contributed by atoms with Crippen molar-refractivity contribution in [1.29, 1.82) is 0 Å². The first-order chi connectivity index (χ1) is 9.79. The molecule has 2 rings (SSSR count). The molecule has 2 aromatic carbocycles. The minimum absolute atomic E-state index is 0.00573. The van der Waals surface area contributed by atoms with Crippen molar-refractivity contribution in [3.63, 3.8) is 0 Å². The minimum atomic E-state index is -3.93. The van der Waals surface area contributed by atoms with Gasteiger partial charge in [0.15, 0.2) is 0 Å². The number of nitrogen functional groups attached to an aromatic ring is 1. The first kappa shape index (κ1) is 15.1. The Hall–Kier alpha value is -2.28. The van der Waals surface area contributed by atoms with Gasteiger partial charge in [0.2, 0.25) is 0 Å². The number of halogens is 1. The van der Waals surface area contributed by atoms with Crippen molar-refractivity contribution in [2.45, 2.75) is 4.90 Å². The lowest BCUT2D eigenvalue weighted by Gasteiger charge is -2.14. The number of rotatable bonds is 4. The van der Waals surface area contributed by atoms with Crippen LogP contribution in [-0.4, -0.2) is 22.5 Å².